The van der Waals surface area contributed by atoms with Crippen molar-refractivity contribution in [2.24, 2.45) is 5.92 Å². The fourth-order valence-corrected chi connectivity index (χ4v) is 3.84. The minimum absolute atomic E-state index is 0.101. The van der Waals surface area contributed by atoms with Crippen LogP contribution in [0.15, 0.2) is 28.8 Å². The zero-order valence-electron chi connectivity index (χ0n) is 15.1. The first kappa shape index (κ1) is 17.0. The zero-order chi connectivity index (χ0) is 18.1. The van der Waals surface area contributed by atoms with Crippen LogP contribution in [-0.2, 0) is 22.4 Å². The lowest BCUT2D eigenvalue weighted by atomic mass is 10.0. The quantitative estimate of drug-likeness (QED) is 0.812. The Hall–Kier alpha value is -2.41. The van der Waals surface area contributed by atoms with E-state index in [1.807, 2.05) is 36.1 Å². The van der Waals surface area contributed by atoms with Gasteiger partial charge in [-0.15, -0.1) is 0 Å². The highest BCUT2D eigenvalue weighted by molar-refractivity contribution is 5.79. The number of likely N-dealkylation sites (tertiary alicyclic amines) is 1. The molecule has 7 heteroatoms. The number of amides is 1. The number of benzene rings is 1. The Bertz CT molecular complexity index is 759. The highest BCUT2D eigenvalue weighted by Gasteiger charge is 2.43. The molecule has 1 aromatic heterocycles. The molecule has 0 bridgehead atoms. The van der Waals surface area contributed by atoms with Gasteiger partial charge in [0, 0.05) is 19.0 Å². The molecule has 2 aromatic rings. The molecule has 4 rings (SSSR count). The van der Waals surface area contributed by atoms with E-state index in [0.29, 0.717) is 37.0 Å². The first-order valence-electron chi connectivity index (χ1n) is 8.96. The van der Waals surface area contributed by atoms with Crippen molar-refractivity contribution in [3.8, 4) is 5.75 Å². The second-order valence-electron chi connectivity index (χ2n) is 7.06. The number of aromatic nitrogens is 2. The van der Waals surface area contributed by atoms with Crippen LogP contribution in [0.5, 0.6) is 5.75 Å². The number of hydrogen-bond donors (Lipinski definition) is 0. The van der Waals surface area contributed by atoms with E-state index in [9.17, 15) is 4.79 Å². The van der Waals surface area contributed by atoms with E-state index in [-0.39, 0.29) is 18.1 Å². The van der Waals surface area contributed by atoms with Crippen LogP contribution in [0.1, 0.15) is 23.7 Å². The van der Waals surface area contributed by atoms with Crippen LogP contribution in [-0.4, -0.2) is 53.4 Å². The smallest absolute Gasteiger partial charge is 0.229 e. The topological polar surface area (TPSA) is 77.7 Å². The number of fused-ring (bicyclic) bond motifs is 1. The van der Waals surface area contributed by atoms with Crippen molar-refractivity contribution >= 4 is 5.91 Å². The first-order valence-corrected chi connectivity index (χ1v) is 8.96. The van der Waals surface area contributed by atoms with Gasteiger partial charge in [-0.3, -0.25) is 4.79 Å². The van der Waals surface area contributed by atoms with E-state index in [0.717, 1.165) is 24.3 Å². The van der Waals surface area contributed by atoms with Gasteiger partial charge in [0.25, 0.3) is 0 Å². The molecule has 3 atom stereocenters. The maximum absolute atomic E-state index is 12.6. The van der Waals surface area contributed by atoms with E-state index in [1.54, 1.807) is 7.11 Å². The summed E-state index contributed by atoms with van der Waals surface area (Å²) in [6, 6.07) is 7.64. The Morgan fingerprint density at radius 3 is 2.77 bits per heavy atom. The third-order valence-corrected chi connectivity index (χ3v) is 5.15. The minimum Gasteiger partial charge on any atom is -0.497 e. The summed E-state index contributed by atoms with van der Waals surface area (Å²) in [6.45, 7) is 3.24. The van der Waals surface area contributed by atoms with Crippen molar-refractivity contribution in [3.05, 3.63) is 41.5 Å². The van der Waals surface area contributed by atoms with Gasteiger partial charge in [-0.1, -0.05) is 17.3 Å². The first-order chi connectivity index (χ1) is 12.6. The number of rotatable bonds is 5. The standard InChI is InChI=1S/C19H23N3O4/c1-12-20-18(26-21-12)9-16-8-14-10-22(11-17(14)25-16)19(23)7-13-3-5-15(24-2)6-4-13/h3-6,14,16-17H,7-11H2,1-2H3/t14-,16+,17+/m0/s1. The third-order valence-electron chi connectivity index (χ3n) is 5.15. The number of methoxy groups -OCH3 is 1. The zero-order valence-corrected chi connectivity index (χ0v) is 15.1. The number of aryl methyl sites for hydroxylation is 1. The van der Waals surface area contributed by atoms with Crippen LogP contribution in [0.25, 0.3) is 0 Å². The maximum Gasteiger partial charge on any atom is 0.229 e. The Labute approximate surface area is 152 Å². The molecule has 0 unspecified atom stereocenters. The molecular weight excluding hydrogens is 334 g/mol. The summed E-state index contributed by atoms with van der Waals surface area (Å²) in [7, 11) is 1.63. The van der Waals surface area contributed by atoms with Crippen molar-refractivity contribution in [1.82, 2.24) is 15.0 Å². The van der Waals surface area contributed by atoms with E-state index in [1.165, 1.54) is 0 Å². The Morgan fingerprint density at radius 1 is 1.31 bits per heavy atom. The van der Waals surface area contributed by atoms with Crippen LogP contribution in [0, 0.1) is 12.8 Å². The number of ether oxygens (including phenoxy) is 2. The molecule has 0 aliphatic carbocycles. The van der Waals surface area contributed by atoms with Gasteiger partial charge < -0.3 is 18.9 Å². The van der Waals surface area contributed by atoms with Gasteiger partial charge in [0.1, 0.15) is 5.75 Å². The van der Waals surface area contributed by atoms with E-state index in [4.69, 9.17) is 14.0 Å². The van der Waals surface area contributed by atoms with Gasteiger partial charge in [-0.2, -0.15) is 4.98 Å². The van der Waals surface area contributed by atoms with Gasteiger partial charge in [0.05, 0.1) is 32.2 Å². The number of hydrogen-bond acceptors (Lipinski definition) is 6. The summed E-state index contributed by atoms with van der Waals surface area (Å²) in [5, 5.41) is 3.81. The van der Waals surface area contributed by atoms with Gasteiger partial charge in [0.2, 0.25) is 11.8 Å². The van der Waals surface area contributed by atoms with Crippen LogP contribution in [0.3, 0.4) is 0 Å². The van der Waals surface area contributed by atoms with Crippen molar-refractivity contribution in [1.29, 1.82) is 0 Å². The molecule has 1 aromatic carbocycles. The Balaban J connectivity index is 1.29. The number of carbonyl (C=O) groups excluding carboxylic acids is 1. The number of nitrogens with zero attached hydrogens (tertiary/aromatic N) is 3. The third kappa shape index (κ3) is 3.58. The molecule has 2 fully saturated rings. The summed E-state index contributed by atoms with van der Waals surface area (Å²) in [5.41, 5.74) is 0.999. The average Bonchev–Trinajstić information content (AvgIpc) is 3.30. The molecule has 26 heavy (non-hydrogen) atoms. The molecule has 1 amide bonds. The maximum atomic E-state index is 12.6. The van der Waals surface area contributed by atoms with E-state index in [2.05, 4.69) is 10.1 Å². The minimum atomic E-state index is 0.101. The van der Waals surface area contributed by atoms with Crippen LogP contribution >= 0.6 is 0 Å². The van der Waals surface area contributed by atoms with Crippen LogP contribution < -0.4 is 4.74 Å². The second kappa shape index (κ2) is 7.07. The molecule has 0 saturated carbocycles. The molecule has 138 valence electrons. The van der Waals surface area contributed by atoms with Crippen LogP contribution in [0.4, 0.5) is 0 Å². The fraction of sp³-hybridized carbons (Fsp3) is 0.526. The van der Waals surface area contributed by atoms with Crippen molar-refractivity contribution in [2.75, 3.05) is 20.2 Å². The molecule has 2 aliphatic rings. The predicted octanol–water partition coefficient (Wildman–Crippen LogP) is 1.79. The normalized spacial score (nSPS) is 24.7. The average molecular weight is 357 g/mol. The molecule has 2 saturated heterocycles. The predicted molar refractivity (Wildman–Crippen MR) is 92.8 cm³/mol. The molecular formula is C19H23N3O4. The van der Waals surface area contributed by atoms with Gasteiger partial charge >= 0.3 is 0 Å². The molecule has 0 radical (unpaired) electrons. The van der Waals surface area contributed by atoms with Crippen molar-refractivity contribution in [2.45, 2.75) is 38.4 Å². The van der Waals surface area contributed by atoms with E-state index >= 15 is 0 Å². The highest BCUT2D eigenvalue weighted by Crippen LogP contribution is 2.34. The second-order valence-corrected chi connectivity index (χ2v) is 7.06. The fourth-order valence-electron chi connectivity index (χ4n) is 3.84. The highest BCUT2D eigenvalue weighted by atomic mass is 16.5. The summed E-state index contributed by atoms with van der Waals surface area (Å²) >= 11 is 0. The Kier molecular flexibility index (Phi) is 4.63. The van der Waals surface area contributed by atoms with Gasteiger partial charge in [-0.25, -0.2) is 0 Å². The van der Waals surface area contributed by atoms with Crippen LogP contribution in [0.2, 0.25) is 0 Å². The molecule has 3 heterocycles. The molecule has 7 nitrogen and oxygen atoms in total. The van der Waals surface area contributed by atoms with E-state index < -0.39 is 0 Å². The lowest BCUT2D eigenvalue weighted by Crippen LogP contribution is -2.32. The summed E-state index contributed by atoms with van der Waals surface area (Å²) < 4.78 is 16.4. The molecule has 0 N–H and O–H groups in total. The SMILES string of the molecule is COc1ccc(CC(=O)N2C[C@@H]3C[C@H](Cc4nc(C)no4)O[C@@H]3C2)cc1. The summed E-state index contributed by atoms with van der Waals surface area (Å²) in [6.07, 6.45) is 2.20. The summed E-state index contributed by atoms with van der Waals surface area (Å²) in [5.74, 6) is 2.61. The number of carbonyl (C=O) groups is 1. The monoisotopic (exact) mass is 357 g/mol. The lowest BCUT2D eigenvalue weighted by molar-refractivity contribution is -0.130. The van der Waals surface area contributed by atoms with Gasteiger partial charge in [0.15, 0.2) is 5.82 Å². The lowest BCUT2D eigenvalue weighted by Gasteiger charge is -2.19. The van der Waals surface area contributed by atoms with Crippen molar-refractivity contribution < 1.29 is 18.8 Å². The largest absolute Gasteiger partial charge is 0.497 e. The van der Waals surface area contributed by atoms with Gasteiger partial charge in [-0.05, 0) is 31.0 Å². The molecule has 2 aliphatic heterocycles. The summed E-state index contributed by atoms with van der Waals surface area (Å²) in [4.78, 5) is 18.7. The molecule has 0 spiro atoms. The Morgan fingerprint density at radius 2 is 2.12 bits per heavy atom. The van der Waals surface area contributed by atoms with Crippen molar-refractivity contribution in [3.63, 3.8) is 0 Å².